The standard InChI is InChI=1S/C18H16FN5O2/c19-12-4-1-3-11(9-12)16-14(5-6-15(25)23-16)22-18(26)13-10-21-24-8-2-7-20-17(13)24/h1-4,7-10,14,16H,5-6H2,(H,22,26)(H,23,25). The number of benzene rings is 1. The van der Waals surface area contributed by atoms with Gasteiger partial charge in [0.05, 0.1) is 18.3 Å². The van der Waals surface area contributed by atoms with Gasteiger partial charge in [-0.25, -0.2) is 13.9 Å². The minimum absolute atomic E-state index is 0.123. The van der Waals surface area contributed by atoms with E-state index in [1.165, 1.54) is 22.8 Å². The summed E-state index contributed by atoms with van der Waals surface area (Å²) in [6.45, 7) is 0. The van der Waals surface area contributed by atoms with E-state index in [0.29, 0.717) is 29.6 Å². The smallest absolute Gasteiger partial charge is 0.257 e. The summed E-state index contributed by atoms with van der Waals surface area (Å²) in [5.74, 6) is -0.845. The van der Waals surface area contributed by atoms with Crippen molar-refractivity contribution in [2.75, 3.05) is 0 Å². The molecule has 1 aliphatic heterocycles. The molecule has 0 aliphatic carbocycles. The van der Waals surface area contributed by atoms with Gasteiger partial charge < -0.3 is 10.6 Å². The van der Waals surface area contributed by atoms with Crippen molar-refractivity contribution in [3.8, 4) is 0 Å². The van der Waals surface area contributed by atoms with Crippen LogP contribution < -0.4 is 10.6 Å². The van der Waals surface area contributed by atoms with Crippen molar-refractivity contribution in [1.29, 1.82) is 0 Å². The lowest BCUT2D eigenvalue weighted by Gasteiger charge is -2.33. The van der Waals surface area contributed by atoms with Crippen molar-refractivity contribution in [1.82, 2.24) is 25.2 Å². The molecule has 3 aromatic rings. The highest BCUT2D eigenvalue weighted by Gasteiger charge is 2.32. The summed E-state index contributed by atoms with van der Waals surface area (Å²) in [7, 11) is 0. The minimum atomic E-state index is -0.495. The number of nitrogens with zero attached hydrogens (tertiary/aromatic N) is 3. The summed E-state index contributed by atoms with van der Waals surface area (Å²) in [6.07, 6.45) is 5.51. The first-order chi connectivity index (χ1) is 12.6. The molecule has 2 aromatic heterocycles. The van der Waals surface area contributed by atoms with Crippen LogP contribution in [-0.4, -0.2) is 32.5 Å². The second kappa shape index (κ2) is 6.55. The summed E-state index contributed by atoms with van der Waals surface area (Å²) < 4.78 is 15.1. The number of amides is 2. The highest BCUT2D eigenvalue weighted by Crippen LogP contribution is 2.25. The van der Waals surface area contributed by atoms with E-state index in [-0.39, 0.29) is 23.7 Å². The number of halogens is 1. The quantitative estimate of drug-likeness (QED) is 0.749. The van der Waals surface area contributed by atoms with Crippen molar-refractivity contribution < 1.29 is 14.0 Å². The van der Waals surface area contributed by atoms with E-state index in [1.807, 2.05) is 0 Å². The van der Waals surface area contributed by atoms with E-state index in [4.69, 9.17) is 0 Å². The fourth-order valence-corrected chi connectivity index (χ4v) is 3.20. The van der Waals surface area contributed by atoms with E-state index in [9.17, 15) is 14.0 Å². The van der Waals surface area contributed by atoms with Crippen LogP contribution in [0.15, 0.2) is 48.9 Å². The number of rotatable bonds is 3. The molecule has 2 atom stereocenters. The van der Waals surface area contributed by atoms with Gasteiger partial charge in [0.25, 0.3) is 5.91 Å². The molecule has 2 N–H and O–H groups in total. The molecule has 1 fully saturated rings. The summed E-state index contributed by atoms with van der Waals surface area (Å²) in [5, 5.41) is 9.88. The maximum Gasteiger partial charge on any atom is 0.257 e. The molecule has 1 aromatic carbocycles. The molecule has 1 aliphatic rings. The Labute approximate surface area is 148 Å². The van der Waals surface area contributed by atoms with E-state index < -0.39 is 6.04 Å². The van der Waals surface area contributed by atoms with Crippen molar-refractivity contribution in [2.24, 2.45) is 0 Å². The van der Waals surface area contributed by atoms with Gasteiger partial charge in [-0.15, -0.1) is 0 Å². The van der Waals surface area contributed by atoms with Crippen LogP contribution in [0.4, 0.5) is 4.39 Å². The normalized spacial score (nSPS) is 20.0. The summed E-state index contributed by atoms with van der Waals surface area (Å²) in [4.78, 5) is 28.7. The third-order valence-electron chi connectivity index (χ3n) is 4.45. The third kappa shape index (κ3) is 3.01. The van der Waals surface area contributed by atoms with E-state index in [2.05, 4.69) is 20.7 Å². The number of hydrogen-bond donors (Lipinski definition) is 2. The van der Waals surface area contributed by atoms with Crippen LogP contribution in [0.25, 0.3) is 5.65 Å². The monoisotopic (exact) mass is 353 g/mol. The molecule has 3 heterocycles. The first kappa shape index (κ1) is 16.2. The lowest BCUT2D eigenvalue weighted by atomic mass is 9.91. The minimum Gasteiger partial charge on any atom is -0.347 e. The third-order valence-corrected chi connectivity index (χ3v) is 4.45. The van der Waals surface area contributed by atoms with Crippen molar-refractivity contribution in [3.63, 3.8) is 0 Å². The molecule has 0 spiro atoms. The molecule has 8 heteroatoms. The van der Waals surface area contributed by atoms with E-state index in [0.717, 1.165) is 0 Å². The molecular weight excluding hydrogens is 337 g/mol. The Morgan fingerprint density at radius 2 is 2.23 bits per heavy atom. The largest absolute Gasteiger partial charge is 0.347 e. The maximum atomic E-state index is 13.6. The Balaban J connectivity index is 1.60. The average Bonchev–Trinajstić information content (AvgIpc) is 3.07. The SMILES string of the molecule is O=C1CCC(NC(=O)c2cnn3cccnc23)C(c2cccc(F)c2)N1. The highest BCUT2D eigenvalue weighted by molar-refractivity contribution is 5.99. The van der Waals surface area contributed by atoms with Gasteiger partial charge in [0, 0.05) is 18.8 Å². The first-order valence-corrected chi connectivity index (χ1v) is 8.26. The fraction of sp³-hybridized carbons (Fsp3) is 0.222. The highest BCUT2D eigenvalue weighted by atomic mass is 19.1. The first-order valence-electron chi connectivity index (χ1n) is 8.26. The van der Waals surface area contributed by atoms with Crippen LogP contribution in [-0.2, 0) is 4.79 Å². The molecule has 0 radical (unpaired) electrons. The van der Waals surface area contributed by atoms with Crippen molar-refractivity contribution in [3.05, 3.63) is 65.9 Å². The zero-order valence-corrected chi connectivity index (χ0v) is 13.7. The predicted octanol–water partition coefficient (Wildman–Crippen LogP) is 1.62. The Hall–Kier alpha value is -3.29. The van der Waals surface area contributed by atoms with Crippen LogP contribution in [0.3, 0.4) is 0 Å². The van der Waals surface area contributed by atoms with Crippen LogP contribution in [0, 0.1) is 5.82 Å². The van der Waals surface area contributed by atoms with Crippen LogP contribution in [0.1, 0.15) is 34.8 Å². The van der Waals surface area contributed by atoms with E-state index >= 15 is 0 Å². The second-order valence-electron chi connectivity index (χ2n) is 6.16. The summed E-state index contributed by atoms with van der Waals surface area (Å²) in [6, 6.07) is 6.89. The molecule has 0 saturated carbocycles. The lowest BCUT2D eigenvalue weighted by Crippen LogP contribution is -2.50. The van der Waals surface area contributed by atoms with Gasteiger partial charge in [-0.3, -0.25) is 9.59 Å². The number of carbonyl (C=O) groups excluding carboxylic acids is 2. The predicted molar refractivity (Wildman–Crippen MR) is 90.8 cm³/mol. The van der Waals surface area contributed by atoms with Gasteiger partial charge in [-0.05, 0) is 30.2 Å². The average molecular weight is 353 g/mol. The van der Waals surface area contributed by atoms with Crippen LogP contribution in [0.2, 0.25) is 0 Å². The van der Waals surface area contributed by atoms with Crippen LogP contribution >= 0.6 is 0 Å². The second-order valence-corrected chi connectivity index (χ2v) is 6.16. The van der Waals surface area contributed by atoms with Gasteiger partial charge >= 0.3 is 0 Å². The summed E-state index contributed by atoms with van der Waals surface area (Å²) >= 11 is 0. The molecule has 2 amide bonds. The van der Waals surface area contributed by atoms with Crippen molar-refractivity contribution >= 4 is 17.5 Å². The molecule has 0 bridgehead atoms. The van der Waals surface area contributed by atoms with Gasteiger partial charge in [0.15, 0.2) is 5.65 Å². The number of carbonyl (C=O) groups is 2. The van der Waals surface area contributed by atoms with Gasteiger partial charge in [0.2, 0.25) is 5.91 Å². The number of aromatic nitrogens is 3. The van der Waals surface area contributed by atoms with Crippen molar-refractivity contribution in [2.45, 2.75) is 24.9 Å². The molecular formula is C18H16FN5O2. The topological polar surface area (TPSA) is 88.4 Å². The van der Waals surface area contributed by atoms with Gasteiger partial charge in [-0.2, -0.15) is 5.10 Å². The Morgan fingerprint density at radius 1 is 1.35 bits per heavy atom. The summed E-state index contributed by atoms with van der Waals surface area (Å²) in [5.41, 5.74) is 1.41. The Bertz CT molecular complexity index is 986. The maximum absolute atomic E-state index is 13.6. The molecule has 26 heavy (non-hydrogen) atoms. The molecule has 2 unspecified atom stereocenters. The number of fused-ring (bicyclic) bond motifs is 1. The van der Waals surface area contributed by atoms with Gasteiger partial charge in [0.1, 0.15) is 11.4 Å². The Morgan fingerprint density at radius 3 is 3.08 bits per heavy atom. The van der Waals surface area contributed by atoms with Gasteiger partial charge in [-0.1, -0.05) is 12.1 Å². The molecule has 132 valence electrons. The molecule has 4 rings (SSSR count). The number of nitrogens with one attached hydrogen (secondary N) is 2. The Kier molecular flexibility index (Phi) is 4.08. The number of hydrogen-bond acceptors (Lipinski definition) is 4. The molecule has 1 saturated heterocycles. The number of piperidine rings is 1. The zero-order valence-electron chi connectivity index (χ0n) is 13.7. The fourth-order valence-electron chi connectivity index (χ4n) is 3.20. The lowest BCUT2D eigenvalue weighted by molar-refractivity contribution is -0.123. The van der Waals surface area contributed by atoms with E-state index in [1.54, 1.807) is 30.6 Å². The van der Waals surface area contributed by atoms with Crippen LogP contribution in [0.5, 0.6) is 0 Å². The zero-order chi connectivity index (χ0) is 18.1. The molecule has 7 nitrogen and oxygen atoms in total.